The minimum atomic E-state index is -0.139. The van der Waals surface area contributed by atoms with E-state index in [1.165, 1.54) is 38.4 Å². The van der Waals surface area contributed by atoms with Crippen LogP contribution in [0, 0.1) is 0 Å². The Balaban J connectivity index is 0.000000163. The lowest BCUT2D eigenvalue weighted by atomic mass is 9.97. The van der Waals surface area contributed by atoms with Crippen molar-refractivity contribution in [3.8, 4) is 0 Å². The first-order chi connectivity index (χ1) is 9.16. The van der Waals surface area contributed by atoms with Crippen molar-refractivity contribution in [1.82, 2.24) is 9.97 Å². The van der Waals surface area contributed by atoms with Gasteiger partial charge < -0.3 is 16.5 Å². The zero-order chi connectivity index (χ0) is 13.7. The van der Waals surface area contributed by atoms with Gasteiger partial charge in [-0.15, -0.1) is 0 Å². The van der Waals surface area contributed by atoms with Crippen LogP contribution < -0.4 is 17.0 Å². The summed E-state index contributed by atoms with van der Waals surface area (Å²) >= 11 is 0. The number of aromatic amines is 1. The van der Waals surface area contributed by atoms with E-state index in [-0.39, 0.29) is 5.56 Å². The molecule has 0 bridgehead atoms. The first kappa shape index (κ1) is 13.5. The van der Waals surface area contributed by atoms with Crippen molar-refractivity contribution in [3.05, 3.63) is 34.9 Å². The van der Waals surface area contributed by atoms with Crippen molar-refractivity contribution in [3.63, 3.8) is 0 Å². The Labute approximate surface area is 112 Å². The van der Waals surface area contributed by atoms with Gasteiger partial charge in [-0.05, 0) is 31.0 Å². The number of nitrogens with two attached hydrogens (primary N) is 2. The summed E-state index contributed by atoms with van der Waals surface area (Å²) in [5, 5.41) is 0.562. The number of nitrogens with one attached hydrogen (secondary N) is 1. The Morgan fingerprint density at radius 1 is 1.21 bits per heavy atom. The van der Waals surface area contributed by atoms with E-state index in [1.807, 2.05) is 0 Å². The molecule has 2 aromatic rings. The second-order valence-electron chi connectivity index (χ2n) is 4.91. The molecule has 0 radical (unpaired) electrons. The van der Waals surface area contributed by atoms with Gasteiger partial charge in [-0.1, -0.05) is 19.3 Å². The number of aromatic nitrogens is 2. The molecule has 1 saturated carbocycles. The molecular formula is C14H20N4O. The van der Waals surface area contributed by atoms with Gasteiger partial charge in [-0.25, -0.2) is 4.98 Å². The first-order valence-corrected chi connectivity index (χ1v) is 6.65. The molecule has 5 heteroatoms. The lowest BCUT2D eigenvalue weighted by molar-refractivity contribution is 0.441. The summed E-state index contributed by atoms with van der Waals surface area (Å²) in [6, 6.07) is 5.55. The van der Waals surface area contributed by atoms with Gasteiger partial charge in [0.15, 0.2) is 0 Å². The zero-order valence-electron chi connectivity index (χ0n) is 10.9. The summed E-state index contributed by atoms with van der Waals surface area (Å²) in [5.74, 6) is 0. The molecule has 0 aliphatic heterocycles. The smallest absolute Gasteiger partial charge is 0.258 e. The van der Waals surface area contributed by atoms with Crippen LogP contribution in [0.5, 0.6) is 0 Å². The maximum atomic E-state index is 11.2. The summed E-state index contributed by atoms with van der Waals surface area (Å²) in [6.45, 7) is 0. The van der Waals surface area contributed by atoms with Gasteiger partial charge in [-0.3, -0.25) is 4.79 Å². The van der Waals surface area contributed by atoms with Crippen molar-refractivity contribution >= 4 is 16.6 Å². The van der Waals surface area contributed by atoms with E-state index in [9.17, 15) is 4.79 Å². The lowest BCUT2D eigenvalue weighted by Gasteiger charge is -2.15. The molecule has 3 rings (SSSR count). The fourth-order valence-corrected chi connectivity index (χ4v) is 2.22. The molecule has 1 aliphatic carbocycles. The Bertz CT molecular complexity index is 587. The molecule has 5 nitrogen and oxygen atoms in total. The van der Waals surface area contributed by atoms with Gasteiger partial charge >= 0.3 is 0 Å². The highest BCUT2D eigenvalue weighted by molar-refractivity contribution is 5.80. The summed E-state index contributed by atoms with van der Waals surface area (Å²) < 4.78 is 0. The highest BCUT2D eigenvalue weighted by atomic mass is 16.1. The average Bonchev–Trinajstić information content (AvgIpc) is 2.40. The Morgan fingerprint density at radius 2 is 1.95 bits per heavy atom. The minimum Gasteiger partial charge on any atom is -0.399 e. The van der Waals surface area contributed by atoms with Crippen molar-refractivity contribution in [1.29, 1.82) is 0 Å². The molecule has 5 N–H and O–H groups in total. The Morgan fingerprint density at radius 3 is 2.58 bits per heavy atom. The van der Waals surface area contributed by atoms with E-state index in [2.05, 4.69) is 9.97 Å². The largest absolute Gasteiger partial charge is 0.399 e. The van der Waals surface area contributed by atoms with Crippen LogP contribution in [-0.2, 0) is 0 Å². The lowest BCUT2D eigenvalue weighted by Crippen LogP contribution is -2.22. The molecule has 1 aromatic heterocycles. The zero-order valence-corrected chi connectivity index (χ0v) is 10.9. The molecule has 19 heavy (non-hydrogen) atoms. The number of anilines is 1. The van der Waals surface area contributed by atoms with Crippen LogP contribution in [0.1, 0.15) is 32.1 Å². The highest BCUT2D eigenvalue weighted by Gasteiger charge is 2.06. The summed E-state index contributed by atoms with van der Waals surface area (Å²) in [4.78, 5) is 17.6. The van der Waals surface area contributed by atoms with Crippen molar-refractivity contribution in [2.45, 2.75) is 38.1 Å². The van der Waals surface area contributed by atoms with Gasteiger partial charge in [0.1, 0.15) is 0 Å². The minimum absolute atomic E-state index is 0.139. The van der Waals surface area contributed by atoms with E-state index in [1.54, 1.807) is 18.2 Å². The standard InChI is InChI=1S/C8H7N3O.C6H13N/c9-5-1-2-6-7(3-5)10-4-11-8(6)12;7-6-4-2-1-3-5-6/h1-4H,9H2,(H,10,11,12);6H,1-5,7H2. The van der Waals surface area contributed by atoms with Crippen LogP contribution in [-0.4, -0.2) is 16.0 Å². The molecule has 1 heterocycles. The van der Waals surface area contributed by atoms with E-state index in [0.717, 1.165) is 0 Å². The molecule has 0 unspecified atom stereocenters. The number of nitrogen functional groups attached to an aromatic ring is 1. The van der Waals surface area contributed by atoms with Crippen LogP contribution in [0.4, 0.5) is 5.69 Å². The predicted molar refractivity (Wildman–Crippen MR) is 77.8 cm³/mol. The van der Waals surface area contributed by atoms with Gasteiger partial charge in [0.05, 0.1) is 17.2 Å². The number of hydrogen-bond donors (Lipinski definition) is 3. The van der Waals surface area contributed by atoms with Crippen LogP contribution in [0.3, 0.4) is 0 Å². The molecule has 1 fully saturated rings. The van der Waals surface area contributed by atoms with Gasteiger partial charge in [0, 0.05) is 11.7 Å². The van der Waals surface area contributed by atoms with Crippen molar-refractivity contribution in [2.75, 3.05) is 5.73 Å². The molecule has 0 amide bonds. The molecule has 1 aliphatic rings. The number of fused-ring (bicyclic) bond motifs is 1. The normalized spacial score (nSPS) is 15.8. The third-order valence-electron chi connectivity index (χ3n) is 3.32. The van der Waals surface area contributed by atoms with Crippen molar-refractivity contribution < 1.29 is 0 Å². The number of rotatable bonds is 0. The van der Waals surface area contributed by atoms with E-state index < -0.39 is 0 Å². The molecular weight excluding hydrogens is 240 g/mol. The van der Waals surface area contributed by atoms with Crippen molar-refractivity contribution in [2.24, 2.45) is 5.73 Å². The number of H-pyrrole nitrogens is 1. The number of nitrogens with zero attached hydrogens (tertiary/aromatic N) is 1. The van der Waals surface area contributed by atoms with Gasteiger partial charge in [0.25, 0.3) is 5.56 Å². The van der Waals surface area contributed by atoms with Crippen LogP contribution >= 0.6 is 0 Å². The van der Waals surface area contributed by atoms with Gasteiger partial charge in [-0.2, -0.15) is 0 Å². The predicted octanol–water partition coefficient (Wildman–Crippen LogP) is 1.78. The number of hydrogen-bond acceptors (Lipinski definition) is 4. The highest BCUT2D eigenvalue weighted by Crippen LogP contribution is 2.14. The van der Waals surface area contributed by atoms with E-state index >= 15 is 0 Å². The van der Waals surface area contributed by atoms with E-state index in [0.29, 0.717) is 22.6 Å². The second-order valence-corrected chi connectivity index (χ2v) is 4.91. The first-order valence-electron chi connectivity index (χ1n) is 6.65. The molecule has 0 spiro atoms. The molecule has 1 aromatic carbocycles. The molecule has 0 saturated heterocycles. The third kappa shape index (κ3) is 3.79. The quantitative estimate of drug-likeness (QED) is 0.629. The van der Waals surface area contributed by atoms with Crippen LogP contribution in [0.15, 0.2) is 29.3 Å². The second kappa shape index (κ2) is 6.33. The number of benzene rings is 1. The Hall–Kier alpha value is -1.88. The fourth-order valence-electron chi connectivity index (χ4n) is 2.22. The third-order valence-corrected chi connectivity index (χ3v) is 3.32. The monoisotopic (exact) mass is 260 g/mol. The Kier molecular flexibility index (Phi) is 4.52. The van der Waals surface area contributed by atoms with E-state index in [4.69, 9.17) is 11.5 Å². The van der Waals surface area contributed by atoms with Crippen LogP contribution in [0.2, 0.25) is 0 Å². The molecule has 102 valence electrons. The fraction of sp³-hybridized carbons (Fsp3) is 0.429. The summed E-state index contributed by atoms with van der Waals surface area (Å²) in [5.41, 5.74) is 12.3. The maximum Gasteiger partial charge on any atom is 0.258 e. The summed E-state index contributed by atoms with van der Waals surface area (Å²) in [6.07, 6.45) is 8.03. The maximum absolute atomic E-state index is 11.2. The topological polar surface area (TPSA) is 97.8 Å². The molecule has 0 atom stereocenters. The average molecular weight is 260 g/mol. The SMILES string of the molecule is NC1CCCCC1.Nc1ccc2c(=O)[nH]cnc2c1. The van der Waals surface area contributed by atoms with Crippen LogP contribution in [0.25, 0.3) is 10.9 Å². The summed E-state index contributed by atoms with van der Waals surface area (Å²) in [7, 11) is 0. The van der Waals surface area contributed by atoms with Gasteiger partial charge in [0.2, 0.25) is 0 Å².